The minimum absolute atomic E-state index is 0.0169. The molecule has 0 spiro atoms. The number of rotatable bonds is 4. The first-order valence-electron chi connectivity index (χ1n) is 5.86. The normalized spacial score (nSPS) is 19.2. The molecule has 3 nitrogen and oxygen atoms in total. The van der Waals surface area contributed by atoms with E-state index in [1.807, 2.05) is 36.4 Å². The molecule has 1 atom stereocenters. The van der Waals surface area contributed by atoms with Gasteiger partial charge in [-0.3, -0.25) is 0 Å². The number of hydrogen-bond acceptors (Lipinski definition) is 3. The first-order chi connectivity index (χ1) is 8.72. The summed E-state index contributed by atoms with van der Waals surface area (Å²) in [5.41, 5.74) is 7.49. The summed E-state index contributed by atoms with van der Waals surface area (Å²) in [7, 11) is 0. The smallest absolute Gasteiger partial charge is 0.121 e. The summed E-state index contributed by atoms with van der Waals surface area (Å²) in [6.45, 7) is 0.553. The maximum atomic E-state index is 9.21. The van der Waals surface area contributed by atoms with Gasteiger partial charge in [0.25, 0.3) is 0 Å². The van der Waals surface area contributed by atoms with Crippen LogP contribution < -0.4 is 10.5 Å². The molecule has 0 saturated heterocycles. The third-order valence-corrected chi connectivity index (χ3v) is 3.67. The lowest BCUT2D eigenvalue weighted by Crippen LogP contribution is -2.17. The fourth-order valence-corrected chi connectivity index (χ4v) is 2.26. The molecule has 1 aromatic rings. The molecule has 0 aliphatic heterocycles. The number of benzene rings is 1. The molecular weight excluding hydrogens is 294 g/mol. The van der Waals surface area contributed by atoms with Crippen molar-refractivity contribution >= 4 is 15.9 Å². The zero-order valence-electron chi connectivity index (χ0n) is 9.97. The first-order valence-corrected chi connectivity index (χ1v) is 6.65. The second kappa shape index (κ2) is 6.18. The van der Waals surface area contributed by atoms with Crippen LogP contribution in [-0.4, -0.2) is 17.8 Å². The van der Waals surface area contributed by atoms with Crippen molar-refractivity contribution in [2.45, 2.75) is 19.1 Å². The van der Waals surface area contributed by atoms with Crippen LogP contribution in [0, 0.1) is 0 Å². The average molecular weight is 310 g/mol. The molecule has 2 rings (SSSR count). The van der Waals surface area contributed by atoms with Crippen LogP contribution in [0.25, 0.3) is 0 Å². The van der Waals surface area contributed by atoms with Crippen LogP contribution in [0.4, 0.5) is 0 Å². The standard InChI is InChI=1S/C14H16BrNO2/c15-14-6-5-13(7-11(14)9-17)18-12-3-1-10(8-16)2-4-12/h1-4,6-7,13,17H,5,8-9,16H2. The average Bonchev–Trinajstić information content (AvgIpc) is 2.42. The van der Waals surface area contributed by atoms with E-state index in [1.165, 1.54) is 0 Å². The molecule has 96 valence electrons. The molecule has 0 aromatic heterocycles. The molecule has 0 radical (unpaired) electrons. The number of aliphatic hydroxyl groups excluding tert-OH is 1. The summed E-state index contributed by atoms with van der Waals surface area (Å²) in [5.74, 6) is 0.817. The number of halogens is 1. The summed E-state index contributed by atoms with van der Waals surface area (Å²) < 4.78 is 6.79. The third kappa shape index (κ3) is 3.22. The van der Waals surface area contributed by atoms with Crippen LogP contribution in [-0.2, 0) is 6.54 Å². The first kappa shape index (κ1) is 13.3. The number of nitrogens with two attached hydrogens (primary N) is 1. The largest absolute Gasteiger partial charge is 0.486 e. The van der Waals surface area contributed by atoms with E-state index in [0.717, 1.165) is 27.8 Å². The molecule has 1 unspecified atom stereocenters. The Balaban J connectivity index is 2.04. The van der Waals surface area contributed by atoms with Crippen molar-refractivity contribution in [3.05, 3.63) is 52.0 Å². The number of ether oxygens (including phenoxy) is 1. The van der Waals surface area contributed by atoms with Gasteiger partial charge in [-0.2, -0.15) is 0 Å². The van der Waals surface area contributed by atoms with E-state index >= 15 is 0 Å². The Kier molecular flexibility index (Phi) is 4.58. The van der Waals surface area contributed by atoms with Crippen LogP contribution in [0.2, 0.25) is 0 Å². The van der Waals surface area contributed by atoms with Gasteiger partial charge in [0.05, 0.1) is 6.61 Å². The predicted octanol–water partition coefficient (Wildman–Crippen LogP) is 2.49. The van der Waals surface area contributed by atoms with Crippen LogP contribution in [0.15, 0.2) is 46.5 Å². The summed E-state index contributed by atoms with van der Waals surface area (Å²) in [5, 5.41) is 9.21. The lowest BCUT2D eigenvalue weighted by atomic mass is 10.1. The molecule has 1 aliphatic rings. The maximum absolute atomic E-state index is 9.21. The molecule has 18 heavy (non-hydrogen) atoms. The van der Waals surface area contributed by atoms with E-state index in [2.05, 4.69) is 15.9 Å². The zero-order chi connectivity index (χ0) is 13.0. The summed E-state index contributed by atoms with van der Waals surface area (Å²) in [6.07, 6.45) is 4.73. The van der Waals surface area contributed by atoms with Crippen molar-refractivity contribution < 1.29 is 9.84 Å². The van der Waals surface area contributed by atoms with Gasteiger partial charge in [-0.15, -0.1) is 0 Å². The molecule has 0 heterocycles. The molecule has 1 aliphatic carbocycles. The van der Waals surface area contributed by atoms with Gasteiger partial charge in [0, 0.05) is 17.4 Å². The lowest BCUT2D eigenvalue weighted by molar-refractivity contribution is 0.247. The second-order valence-corrected chi connectivity index (χ2v) is 5.00. The molecule has 0 amide bonds. The Hall–Kier alpha value is -1.10. The summed E-state index contributed by atoms with van der Waals surface area (Å²) in [4.78, 5) is 0. The third-order valence-electron chi connectivity index (χ3n) is 2.84. The van der Waals surface area contributed by atoms with Crippen LogP contribution in [0.3, 0.4) is 0 Å². The number of aliphatic hydroxyl groups is 1. The molecular formula is C14H16BrNO2. The second-order valence-electron chi connectivity index (χ2n) is 4.14. The van der Waals surface area contributed by atoms with Gasteiger partial charge in [-0.25, -0.2) is 0 Å². The highest BCUT2D eigenvalue weighted by Gasteiger charge is 2.14. The van der Waals surface area contributed by atoms with E-state index in [-0.39, 0.29) is 12.7 Å². The van der Waals surface area contributed by atoms with Crippen molar-refractivity contribution in [3.8, 4) is 5.75 Å². The molecule has 0 saturated carbocycles. The quantitative estimate of drug-likeness (QED) is 0.898. The van der Waals surface area contributed by atoms with Crippen molar-refractivity contribution in [2.24, 2.45) is 5.73 Å². The van der Waals surface area contributed by atoms with Crippen LogP contribution in [0.5, 0.6) is 5.75 Å². The van der Waals surface area contributed by atoms with Gasteiger partial charge >= 0.3 is 0 Å². The summed E-state index contributed by atoms with van der Waals surface area (Å²) >= 11 is 3.41. The highest BCUT2D eigenvalue weighted by molar-refractivity contribution is 9.12. The topological polar surface area (TPSA) is 55.5 Å². The molecule has 3 N–H and O–H groups in total. The van der Waals surface area contributed by atoms with Gasteiger partial charge in [-0.05, 0) is 29.3 Å². The van der Waals surface area contributed by atoms with E-state index < -0.39 is 0 Å². The lowest BCUT2D eigenvalue weighted by Gasteiger charge is -2.20. The maximum Gasteiger partial charge on any atom is 0.121 e. The minimum Gasteiger partial charge on any atom is -0.486 e. The molecule has 0 fully saturated rings. The summed E-state index contributed by atoms with van der Waals surface area (Å²) in [6, 6.07) is 7.76. The zero-order valence-corrected chi connectivity index (χ0v) is 11.6. The molecule has 1 aromatic carbocycles. The fourth-order valence-electron chi connectivity index (χ4n) is 1.81. The van der Waals surface area contributed by atoms with E-state index in [9.17, 15) is 5.11 Å². The Morgan fingerprint density at radius 1 is 1.33 bits per heavy atom. The number of hydrogen-bond donors (Lipinski definition) is 2. The molecule has 0 bridgehead atoms. The predicted molar refractivity (Wildman–Crippen MR) is 75.5 cm³/mol. The van der Waals surface area contributed by atoms with Crippen LogP contribution in [0.1, 0.15) is 12.0 Å². The van der Waals surface area contributed by atoms with Gasteiger partial charge in [0.1, 0.15) is 11.9 Å². The van der Waals surface area contributed by atoms with Crippen molar-refractivity contribution in [3.63, 3.8) is 0 Å². The van der Waals surface area contributed by atoms with Gasteiger partial charge in [0.2, 0.25) is 0 Å². The van der Waals surface area contributed by atoms with Crippen molar-refractivity contribution in [1.29, 1.82) is 0 Å². The SMILES string of the molecule is NCc1ccc(OC2C=C(CO)C(Br)=CC2)cc1. The van der Waals surface area contributed by atoms with Crippen molar-refractivity contribution in [1.82, 2.24) is 0 Å². The van der Waals surface area contributed by atoms with E-state index in [1.54, 1.807) is 0 Å². The highest BCUT2D eigenvalue weighted by atomic mass is 79.9. The van der Waals surface area contributed by atoms with E-state index in [4.69, 9.17) is 10.5 Å². The Labute approximate surface area is 115 Å². The Morgan fingerprint density at radius 3 is 2.67 bits per heavy atom. The highest BCUT2D eigenvalue weighted by Crippen LogP contribution is 2.26. The molecule has 4 heteroatoms. The van der Waals surface area contributed by atoms with Gasteiger partial charge in [0.15, 0.2) is 0 Å². The van der Waals surface area contributed by atoms with Crippen LogP contribution >= 0.6 is 15.9 Å². The Morgan fingerprint density at radius 2 is 2.06 bits per heavy atom. The van der Waals surface area contributed by atoms with Crippen molar-refractivity contribution in [2.75, 3.05) is 6.61 Å². The monoisotopic (exact) mass is 309 g/mol. The van der Waals surface area contributed by atoms with E-state index in [0.29, 0.717) is 6.54 Å². The van der Waals surface area contributed by atoms with Gasteiger partial charge in [-0.1, -0.05) is 34.1 Å². The Bertz CT molecular complexity index is 465. The fraction of sp³-hybridized carbons (Fsp3) is 0.286. The minimum atomic E-state index is -0.0304. The van der Waals surface area contributed by atoms with Gasteiger partial charge < -0.3 is 15.6 Å².